The normalized spacial score (nSPS) is 17.2. The van der Waals surface area contributed by atoms with Gasteiger partial charge in [-0.25, -0.2) is 0 Å². The fraction of sp³-hybridized carbons (Fsp3) is 0.818. The average Bonchev–Trinajstić information content (AvgIpc) is 2.27. The van der Waals surface area contributed by atoms with E-state index in [1.54, 1.807) is 6.92 Å². The number of likely N-dealkylation sites (tertiary alicyclic amines) is 1. The molecule has 1 saturated heterocycles. The fourth-order valence-electron chi connectivity index (χ4n) is 1.90. The van der Waals surface area contributed by atoms with Crippen molar-refractivity contribution in [3.63, 3.8) is 0 Å². The van der Waals surface area contributed by atoms with Gasteiger partial charge in [0.05, 0.1) is 6.54 Å². The molecule has 16 heavy (non-hydrogen) atoms. The van der Waals surface area contributed by atoms with E-state index in [1.165, 1.54) is 0 Å². The molecule has 1 aliphatic rings. The van der Waals surface area contributed by atoms with Gasteiger partial charge in [-0.3, -0.25) is 9.59 Å². The van der Waals surface area contributed by atoms with Gasteiger partial charge >= 0.3 is 0 Å². The van der Waals surface area contributed by atoms with Gasteiger partial charge in [-0.05, 0) is 19.8 Å². The minimum absolute atomic E-state index is 0.0384. The van der Waals surface area contributed by atoms with Crippen molar-refractivity contribution in [2.45, 2.75) is 32.7 Å². The molecule has 0 aromatic carbocycles. The predicted molar refractivity (Wildman–Crippen MR) is 62.0 cm³/mol. The minimum atomic E-state index is 0.0384. The van der Waals surface area contributed by atoms with Crippen LogP contribution in [0.5, 0.6) is 0 Å². The summed E-state index contributed by atoms with van der Waals surface area (Å²) in [6.07, 6.45) is 1.86. The molecule has 0 bridgehead atoms. The quantitative estimate of drug-likeness (QED) is 0.694. The van der Waals surface area contributed by atoms with Crippen LogP contribution in [0.15, 0.2) is 0 Å². The number of hydrogen-bond donors (Lipinski definition) is 2. The largest absolute Gasteiger partial charge is 0.355 e. The third kappa shape index (κ3) is 4.18. The monoisotopic (exact) mass is 227 g/mol. The van der Waals surface area contributed by atoms with Crippen LogP contribution in [0.1, 0.15) is 26.7 Å². The topological polar surface area (TPSA) is 61.4 Å². The van der Waals surface area contributed by atoms with Gasteiger partial charge < -0.3 is 15.5 Å². The number of piperidine rings is 1. The first-order chi connectivity index (χ1) is 7.63. The first-order valence-corrected chi connectivity index (χ1v) is 5.89. The summed E-state index contributed by atoms with van der Waals surface area (Å²) in [5.74, 6) is 0.179. The summed E-state index contributed by atoms with van der Waals surface area (Å²) in [5.41, 5.74) is 0. The molecule has 92 valence electrons. The zero-order chi connectivity index (χ0) is 12.0. The van der Waals surface area contributed by atoms with Crippen LogP contribution in [0.25, 0.3) is 0 Å². The molecule has 1 fully saturated rings. The van der Waals surface area contributed by atoms with E-state index in [0.29, 0.717) is 19.1 Å². The van der Waals surface area contributed by atoms with Gasteiger partial charge in [-0.2, -0.15) is 0 Å². The third-order valence-electron chi connectivity index (χ3n) is 2.87. The van der Waals surface area contributed by atoms with Crippen molar-refractivity contribution < 1.29 is 9.59 Å². The van der Waals surface area contributed by atoms with E-state index >= 15 is 0 Å². The highest BCUT2D eigenvalue weighted by molar-refractivity contribution is 5.77. The number of nitrogens with zero attached hydrogens (tertiary/aromatic N) is 1. The molecule has 0 saturated carbocycles. The van der Waals surface area contributed by atoms with Gasteiger partial charge in [0.25, 0.3) is 0 Å². The summed E-state index contributed by atoms with van der Waals surface area (Å²) in [5, 5.41) is 5.96. The molecule has 1 rings (SSSR count). The molecule has 0 unspecified atom stereocenters. The Morgan fingerprint density at radius 2 is 1.94 bits per heavy atom. The molecule has 0 spiro atoms. The molecule has 0 aliphatic carbocycles. The average molecular weight is 227 g/mol. The summed E-state index contributed by atoms with van der Waals surface area (Å²) in [4.78, 5) is 24.2. The Morgan fingerprint density at radius 3 is 2.44 bits per heavy atom. The lowest BCUT2D eigenvalue weighted by atomic mass is 10.1. The number of rotatable bonds is 4. The molecule has 0 atom stereocenters. The maximum Gasteiger partial charge on any atom is 0.233 e. The van der Waals surface area contributed by atoms with Gasteiger partial charge in [0.1, 0.15) is 0 Å². The number of carbonyl (C=O) groups is 2. The second-order valence-corrected chi connectivity index (χ2v) is 4.11. The van der Waals surface area contributed by atoms with Crippen molar-refractivity contribution in [2.24, 2.45) is 0 Å². The standard InChI is InChI=1S/C11H21N3O2/c1-3-12-11(16)8-13-10-4-6-14(7-5-10)9(2)15/h10,13H,3-8H2,1-2H3,(H,12,16). The Balaban J connectivity index is 2.17. The van der Waals surface area contributed by atoms with E-state index in [4.69, 9.17) is 0 Å². The summed E-state index contributed by atoms with van der Waals surface area (Å²) < 4.78 is 0. The van der Waals surface area contributed by atoms with Crippen LogP contribution < -0.4 is 10.6 Å². The molecule has 0 radical (unpaired) electrons. The van der Waals surface area contributed by atoms with Crippen LogP contribution in [0.3, 0.4) is 0 Å². The zero-order valence-corrected chi connectivity index (χ0v) is 10.1. The summed E-state index contributed by atoms with van der Waals surface area (Å²) in [6, 6.07) is 0.359. The van der Waals surface area contributed by atoms with Crippen molar-refractivity contribution in [3.8, 4) is 0 Å². The van der Waals surface area contributed by atoms with Crippen molar-refractivity contribution in [2.75, 3.05) is 26.2 Å². The van der Waals surface area contributed by atoms with Crippen LogP contribution in [-0.4, -0.2) is 48.9 Å². The number of carbonyl (C=O) groups excluding carboxylic acids is 2. The van der Waals surface area contributed by atoms with Crippen LogP contribution in [0, 0.1) is 0 Å². The number of hydrogen-bond acceptors (Lipinski definition) is 3. The lowest BCUT2D eigenvalue weighted by molar-refractivity contribution is -0.130. The number of amides is 2. The molecular weight excluding hydrogens is 206 g/mol. The van der Waals surface area contributed by atoms with Crippen LogP contribution in [0.2, 0.25) is 0 Å². The molecule has 1 heterocycles. The van der Waals surface area contributed by atoms with Crippen molar-refractivity contribution in [1.82, 2.24) is 15.5 Å². The summed E-state index contributed by atoms with van der Waals surface area (Å²) >= 11 is 0. The molecule has 2 N–H and O–H groups in total. The minimum Gasteiger partial charge on any atom is -0.355 e. The van der Waals surface area contributed by atoms with E-state index in [0.717, 1.165) is 25.9 Å². The fourth-order valence-corrected chi connectivity index (χ4v) is 1.90. The van der Waals surface area contributed by atoms with Gasteiger partial charge in [-0.15, -0.1) is 0 Å². The Bertz CT molecular complexity index is 248. The Labute approximate surface area is 96.6 Å². The smallest absolute Gasteiger partial charge is 0.233 e. The summed E-state index contributed by atoms with van der Waals surface area (Å²) in [6.45, 7) is 6.14. The van der Waals surface area contributed by atoms with E-state index in [2.05, 4.69) is 10.6 Å². The first-order valence-electron chi connectivity index (χ1n) is 5.89. The molecule has 5 nitrogen and oxygen atoms in total. The zero-order valence-electron chi connectivity index (χ0n) is 10.1. The molecule has 1 aliphatic heterocycles. The molecule has 0 aromatic heterocycles. The second-order valence-electron chi connectivity index (χ2n) is 4.11. The first kappa shape index (κ1) is 13.0. The van der Waals surface area contributed by atoms with Crippen LogP contribution in [0.4, 0.5) is 0 Å². The highest BCUT2D eigenvalue weighted by Gasteiger charge is 2.20. The predicted octanol–water partition coefficient (Wildman–Crippen LogP) is -0.277. The Kier molecular flexibility index (Phi) is 5.25. The number of nitrogens with one attached hydrogen (secondary N) is 2. The Hall–Kier alpha value is -1.10. The van der Waals surface area contributed by atoms with E-state index in [9.17, 15) is 9.59 Å². The highest BCUT2D eigenvalue weighted by atomic mass is 16.2. The lowest BCUT2D eigenvalue weighted by Crippen LogP contribution is -2.46. The maximum atomic E-state index is 11.2. The van der Waals surface area contributed by atoms with E-state index in [-0.39, 0.29) is 11.8 Å². The van der Waals surface area contributed by atoms with Crippen molar-refractivity contribution in [3.05, 3.63) is 0 Å². The molecule has 5 heteroatoms. The van der Waals surface area contributed by atoms with Gasteiger partial charge in [0.15, 0.2) is 0 Å². The second kappa shape index (κ2) is 6.48. The van der Waals surface area contributed by atoms with Crippen molar-refractivity contribution >= 4 is 11.8 Å². The van der Waals surface area contributed by atoms with Gasteiger partial charge in [0, 0.05) is 32.6 Å². The number of likely N-dealkylation sites (N-methyl/N-ethyl adjacent to an activating group) is 1. The molecule has 2 amide bonds. The van der Waals surface area contributed by atoms with Gasteiger partial charge in [-0.1, -0.05) is 0 Å². The third-order valence-corrected chi connectivity index (χ3v) is 2.87. The molecule has 0 aromatic rings. The maximum absolute atomic E-state index is 11.2. The summed E-state index contributed by atoms with van der Waals surface area (Å²) in [7, 11) is 0. The van der Waals surface area contributed by atoms with E-state index < -0.39 is 0 Å². The molecular formula is C11H21N3O2. The van der Waals surface area contributed by atoms with Crippen molar-refractivity contribution in [1.29, 1.82) is 0 Å². The Morgan fingerprint density at radius 1 is 1.31 bits per heavy atom. The lowest BCUT2D eigenvalue weighted by Gasteiger charge is -2.31. The SMILES string of the molecule is CCNC(=O)CNC1CCN(C(C)=O)CC1. The van der Waals surface area contributed by atoms with Crippen LogP contribution >= 0.6 is 0 Å². The van der Waals surface area contributed by atoms with Gasteiger partial charge in [0.2, 0.25) is 11.8 Å². The van der Waals surface area contributed by atoms with Crippen LogP contribution in [-0.2, 0) is 9.59 Å². The van der Waals surface area contributed by atoms with E-state index in [1.807, 2.05) is 11.8 Å². The highest BCUT2D eigenvalue weighted by Crippen LogP contribution is 2.09.